The van der Waals surface area contributed by atoms with Crippen molar-refractivity contribution in [3.63, 3.8) is 0 Å². The number of benzene rings is 3. The van der Waals surface area contributed by atoms with Gasteiger partial charge in [-0.05, 0) is 59.7 Å². The Balaban J connectivity index is 1.98. The summed E-state index contributed by atoms with van der Waals surface area (Å²) in [6.45, 7) is 0. The standard InChI is InChI=1S/C20H13F4NO2/c21-15-6-8-16(9-7-15)25-18-11-13(3-10-17(18)19(26)27)12-1-4-14(5-2-12)20(22,23)24/h1-11,25H,(H,26,27). The number of aromatic carboxylic acids is 1. The predicted octanol–water partition coefficient (Wildman–Crippen LogP) is 5.95. The molecule has 0 fully saturated rings. The zero-order chi connectivity index (χ0) is 19.6. The first kappa shape index (κ1) is 18.4. The van der Waals surface area contributed by atoms with Gasteiger partial charge in [-0.1, -0.05) is 18.2 Å². The van der Waals surface area contributed by atoms with E-state index in [1.54, 1.807) is 0 Å². The molecule has 0 amide bonds. The number of carboxylic acid groups (broad SMARTS) is 1. The second kappa shape index (κ2) is 7.11. The molecule has 2 N–H and O–H groups in total. The smallest absolute Gasteiger partial charge is 0.416 e. The Bertz CT molecular complexity index is 965. The molecule has 0 aliphatic carbocycles. The van der Waals surface area contributed by atoms with Crippen molar-refractivity contribution in [1.82, 2.24) is 0 Å². The summed E-state index contributed by atoms with van der Waals surface area (Å²) >= 11 is 0. The highest BCUT2D eigenvalue weighted by Crippen LogP contribution is 2.32. The van der Waals surface area contributed by atoms with Gasteiger partial charge in [0, 0.05) is 5.69 Å². The highest BCUT2D eigenvalue weighted by atomic mass is 19.4. The summed E-state index contributed by atoms with van der Waals surface area (Å²) < 4.78 is 51.1. The van der Waals surface area contributed by atoms with Gasteiger partial charge in [0.25, 0.3) is 0 Å². The van der Waals surface area contributed by atoms with Crippen LogP contribution in [0.25, 0.3) is 11.1 Å². The third-order valence-electron chi connectivity index (χ3n) is 3.92. The number of hydrogen-bond donors (Lipinski definition) is 2. The van der Waals surface area contributed by atoms with Gasteiger partial charge in [-0.15, -0.1) is 0 Å². The lowest BCUT2D eigenvalue weighted by Gasteiger charge is -2.13. The fourth-order valence-electron chi connectivity index (χ4n) is 2.55. The van der Waals surface area contributed by atoms with E-state index in [0.717, 1.165) is 12.1 Å². The highest BCUT2D eigenvalue weighted by Gasteiger charge is 2.30. The van der Waals surface area contributed by atoms with Crippen LogP contribution in [0.4, 0.5) is 28.9 Å². The van der Waals surface area contributed by atoms with Crippen LogP contribution in [-0.2, 0) is 6.18 Å². The zero-order valence-electron chi connectivity index (χ0n) is 13.7. The zero-order valence-corrected chi connectivity index (χ0v) is 13.7. The van der Waals surface area contributed by atoms with Crippen LogP contribution in [0, 0.1) is 5.82 Å². The van der Waals surface area contributed by atoms with Crippen LogP contribution in [0.15, 0.2) is 66.7 Å². The molecular formula is C20H13F4NO2. The molecule has 3 nitrogen and oxygen atoms in total. The molecule has 0 aromatic heterocycles. The van der Waals surface area contributed by atoms with Gasteiger partial charge in [0.15, 0.2) is 0 Å². The number of anilines is 2. The Hall–Kier alpha value is -3.35. The molecule has 0 saturated heterocycles. The number of hydrogen-bond acceptors (Lipinski definition) is 2. The fourth-order valence-corrected chi connectivity index (χ4v) is 2.55. The fraction of sp³-hybridized carbons (Fsp3) is 0.0500. The minimum Gasteiger partial charge on any atom is -0.478 e. The number of carbonyl (C=O) groups is 1. The van der Waals surface area contributed by atoms with Gasteiger partial charge < -0.3 is 10.4 Å². The lowest BCUT2D eigenvalue weighted by atomic mass is 10.0. The van der Waals surface area contributed by atoms with Crippen molar-refractivity contribution in [3.8, 4) is 11.1 Å². The second-order valence-electron chi connectivity index (χ2n) is 5.77. The average molecular weight is 375 g/mol. The highest BCUT2D eigenvalue weighted by molar-refractivity contribution is 5.96. The van der Waals surface area contributed by atoms with Crippen molar-refractivity contribution in [2.75, 3.05) is 5.32 Å². The minimum absolute atomic E-state index is 0.0185. The van der Waals surface area contributed by atoms with Crippen LogP contribution in [0.2, 0.25) is 0 Å². The van der Waals surface area contributed by atoms with Gasteiger partial charge in [-0.25, -0.2) is 9.18 Å². The van der Waals surface area contributed by atoms with Gasteiger partial charge in [0.1, 0.15) is 5.82 Å². The predicted molar refractivity (Wildman–Crippen MR) is 93.5 cm³/mol. The van der Waals surface area contributed by atoms with E-state index in [2.05, 4.69) is 5.32 Å². The molecular weight excluding hydrogens is 362 g/mol. The molecule has 0 unspecified atom stereocenters. The van der Waals surface area contributed by atoms with Crippen LogP contribution >= 0.6 is 0 Å². The average Bonchev–Trinajstić information content (AvgIpc) is 2.63. The number of carboxylic acids is 1. The van der Waals surface area contributed by atoms with E-state index in [1.165, 1.54) is 54.6 Å². The molecule has 3 aromatic rings. The summed E-state index contributed by atoms with van der Waals surface area (Å²) in [5.74, 6) is -1.60. The number of alkyl halides is 3. The van der Waals surface area contributed by atoms with Gasteiger partial charge in [-0.2, -0.15) is 13.2 Å². The molecule has 0 radical (unpaired) electrons. The molecule has 0 aliphatic rings. The summed E-state index contributed by atoms with van der Waals surface area (Å²) in [4.78, 5) is 11.4. The van der Waals surface area contributed by atoms with Crippen LogP contribution in [0.3, 0.4) is 0 Å². The first-order valence-electron chi connectivity index (χ1n) is 7.81. The largest absolute Gasteiger partial charge is 0.478 e. The lowest BCUT2D eigenvalue weighted by Crippen LogP contribution is -2.04. The topological polar surface area (TPSA) is 49.3 Å². The third-order valence-corrected chi connectivity index (χ3v) is 3.92. The Morgan fingerprint density at radius 1 is 0.852 bits per heavy atom. The molecule has 0 spiro atoms. The van der Waals surface area contributed by atoms with Crippen molar-refractivity contribution in [2.45, 2.75) is 6.18 Å². The maximum atomic E-state index is 13.0. The third kappa shape index (κ3) is 4.25. The molecule has 0 bridgehead atoms. The SMILES string of the molecule is O=C(O)c1ccc(-c2ccc(C(F)(F)F)cc2)cc1Nc1ccc(F)cc1. The lowest BCUT2D eigenvalue weighted by molar-refractivity contribution is -0.137. The van der Waals surface area contributed by atoms with E-state index in [4.69, 9.17) is 0 Å². The van der Waals surface area contributed by atoms with Crippen LogP contribution in [-0.4, -0.2) is 11.1 Å². The molecule has 0 atom stereocenters. The summed E-state index contributed by atoms with van der Waals surface area (Å²) in [6, 6.07) is 14.3. The Morgan fingerprint density at radius 2 is 1.44 bits per heavy atom. The molecule has 27 heavy (non-hydrogen) atoms. The van der Waals surface area contributed by atoms with Gasteiger partial charge in [-0.3, -0.25) is 0 Å². The first-order valence-corrected chi connectivity index (χ1v) is 7.81. The molecule has 0 heterocycles. The summed E-state index contributed by atoms with van der Waals surface area (Å²) in [6.07, 6.45) is -4.43. The summed E-state index contributed by atoms with van der Waals surface area (Å²) in [5.41, 5.74) is 0.975. The van der Waals surface area contributed by atoms with E-state index in [0.29, 0.717) is 16.8 Å². The maximum absolute atomic E-state index is 13.0. The molecule has 3 rings (SSSR count). The Kier molecular flexibility index (Phi) is 4.85. The first-order chi connectivity index (χ1) is 12.7. The van der Waals surface area contributed by atoms with Crippen LogP contribution in [0.5, 0.6) is 0 Å². The van der Waals surface area contributed by atoms with Crippen molar-refractivity contribution < 1.29 is 27.5 Å². The monoisotopic (exact) mass is 375 g/mol. The molecule has 7 heteroatoms. The van der Waals surface area contributed by atoms with Crippen LogP contribution < -0.4 is 5.32 Å². The Morgan fingerprint density at radius 3 is 2.00 bits per heavy atom. The van der Waals surface area contributed by atoms with Gasteiger partial charge in [0.05, 0.1) is 16.8 Å². The summed E-state index contributed by atoms with van der Waals surface area (Å²) in [5, 5.41) is 12.2. The van der Waals surface area contributed by atoms with E-state index in [1.807, 2.05) is 0 Å². The molecule has 138 valence electrons. The number of halogens is 4. The number of rotatable bonds is 4. The van der Waals surface area contributed by atoms with Crippen molar-refractivity contribution in [2.24, 2.45) is 0 Å². The van der Waals surface area contributed by atoms with Gasteiger partial charge >= 0.3 is 12.1 Å². The van der Waals surface area contributed by atoms with Crippen molar-refractivity contribution in [1.29, 1.82) is 0 Å². The van der Waals surface area contributed by atoms with Crippen molar-refractivity contribution in [3.05, 3.63) is 83.7 Å². The summed E-state index contributed by atoms with van der Waals surface area (Å²) in [7, 11) is 0. The Labute approximate surface area is 151 Å². The maximum Gasteiger partial charge on any atom is 0.416 e. The molecule has 3 aromatic carbocycles. The normalized spacial score (nSPS) is 11.3. The van der Waals surface area contributed by atoms with Gasteiger partial charge in [0.2, 0.25) is 0 Å². The molecule has 0 aliphatic heterocycles. The minimum atomic E-state index is -4.43. The van der Waals surface area contributed by atoms with Crippen LogP contribution in [0.1, 0.15) is 15.9 Å². The van der Waals surface area contributed by atoms with E-state index in [-0.39, 0.29) is 11.3 Å². The molecule has 0 saturated carbocycles. The van der Waals surface area contributed by atoms with E-state index >= 15 is 0 Å². The quantitative estimate of drug-likeness (QED) is 0.554. The van der Waals surface area contributed by atoms with E-state index in [9.17, 15) is 27.5 Å². The van der Waals surface area contributed by atoms with E-state index < -0.39 is 23.5 Å². The second-order valence-corrected chi connectivity index (χ2v) is 5.77. The van der Waals surface area contributed by atoms with Crippen molar-refractivity contribution >= 4 is 17.3 Å². The number of nitrogens with one attached hydrogen (secondary N) is 1.